The number of hydrogen-bond donors (Lipinski definition) is 2. The van der Waals surface area contributed by atoms with Crippen LogP contribution in [0.5, 0.6) is 0 Å². The second-order valence-corrected chi connectivity index (χ2v) is 11.0. The van der Waals surface area contributed by atoms with Gasteiger partial charge in [0, 0.05) is 25.1 Å². The van der Waals surface area contributed by atoms with E-state index in [-0.39, 0.29) is 18.2 Å². The summed E-state index contributed by atoms with van der Waals surface area (Å²) in [5, 5.41) is 11.7. The largest absolute Gasteiger partial charge is 0.480 e. The van der Waals surface area contributed by atoms with Gasteiger partial charge in [-0.05, 0) is 55.2 Å². The third-order valence-corrected chi connectivity index (χ3v) is 6.68. The summed E-state index contributed by atoms with van der Waals surface area (Å²) >= 11 is 1.22. The Bertz CT molecular complexity index is 1040. The van der Waals surface area contributed by atoms with Crippen LogP contribution in [0.1, 0.15) is 50.3 Å². The first-order chi connectivity index (χ1) is 16.7. The zero-order valence-corrected chi connectivity index (χ0v) is 21.9. The first-order valence-electron chi connectivity index (χ1n) is 11.5. The molecule has 0 bridgehead atoms. The van der Waals surface area contributed by atoms with E-state index in [1.165, 1.54) is 24.9 Å². The molecule has 0 atom stereocenters. The van der Waals surface area contributed by atoms with Crippen molar-refractivity contribution in [1.29, 1.82) is 0 Å². The van der Waals surface area contributed by atoms with E-state index in [0.717, 1.165) is 16.5 Å². The highest BCUT2D eigenvalue weighted by Gasteiger charge is 2.34. The molecule has 1 amide bonds. The van der Waals surface area contributed by atoms with E-state index in [4.69, 9.17) is 4.74 Å². The summed E-state index contributed by atoms with van der Waals surface area (Å²) in [7, 11) is 1.53. The Morgan fingerprint density at radius 3 is 2.28 bits per heavy atom. The van der Waals surface area contributed by atoms with E-state index in [2.05, 4.69) is 5.32 Å². The number of anilines is 1. The summed E-state index contributed by atoms with van der Waals surface area (Å²) in [6.07, 6.45) is -4.60. The Balaban J connectivity index is 2.13. The van der Waals surface area contributed by atoms with Crippen LogP contribution in [0.3, 0.4) is 0 Å². The first kappa shape index (κ1) is 29.7. The molecule has 2 rings (SSSR count). The number of benzene rings is 2. The minimum Gasteiger partial charge on any atom is -0.480 e. The molecule has 2 aromatic rings. The second kappa shape index (κ2) is 12.6. The summed E-state index contributed by atoms with van der Waals surface area (Å²) in [6, 6.07) is 11.3. The van der Waals surface area contributed by atoms with Crippen LogP contribution in [0.15, 0.2) is 47.4 Å². The SMILES string of the molecule is COCCN(CC(=O)Nc1ccc(C(C)C)cc1C(F)(F)F)Cc1ccc(SC(C)(C)C(=O)O)cc1. The van der Waals surface area contributed by atoms with Gasteiger partial charge < -0.3 is 15.2 Å². The molecule has 0 aromatic heterocycles. The topological polar surface area (TPSA) is 78.9 Å². The average Bonchev–Trinajstić information content (AvgIpc) is 2.77. The molecular weight excluding hydrogens is 493 g/mol. The Labute approximate surface area is 214 Å². The van der Waals surface area contributed by atoms with E-state index >= 15 is 0 Å². The van der Waals surface area contributed by atoms with Crippen molar-refractivity contribution >= 4 is 29.3 Å². The zero-order chi connectivity index (χ0) is 27.1. The summed E-state index contributed by atoms with van der Waals surface area (Å²) in [6.45, 7) is 7.83. The highest BCUT2D eigenvalue weighted by Crippen LogP contribution is 2.37. The van der Waals surface area contributed by atoms with Crippen molar-refractivity contribution in [2.75, 3.05) is 32.1 Å². The van der Waals surface area contributed by atoms with E-state index in [0.29, 0.717) is 25.3 Å². The van der Waals surface area contributed by atoms with Crippen LogP contribution in [-0.2, 0) is 27.0 Å². The first-order valence-corrected chi connectivity index (χ1v) is 12.3. The number of methoxy groups -OCH3 is 1. The van der Waals surface area contributed by atoms with Gasteiger partial charge in [-0.3, -0.25) is 14.5 Å². The number of thioether (sulfide) groups is 1. The van der Waals surface area contributed by atoms with Crippen LogP contribution in [0.2, 0.25) is 0 Å². The number of amides is 1. The average molecular weight is 527 g/mol. The number of carboxylic acids is 1. The molecule has 2 N–H and O–H groups in total. The summed E-state index contributed by atoms with van der Waals surface area (Å²) in [4.78, 5) is 26.6. The fraction of sp³-hybridized carbons (Fsp3) is 0.462. The number of hydrogen-bond acceptors (Lipinski definition) is 5. The van der Waals surface area contributed by atoms with Gasteiger partial charge in [0.1, 0.15) is 4.75 Å². The maximum Gasteiger partial charge on any atom is 0.418 e. The van der Waals surface area contributed by atoms with Gasteiger partial charge in [-0.2, -0.15) is 13.2 Å². The lowest BCUT2D eigenvalue weighted by Gasteiger charge is -2.23. The maximum absolute atomic E-state index is 13.6. The van der Waals surface area contributed by atoms with Gasteiger partial charge >= 0.3 is 12.1 Å². The summed E-state index contributed by atoms with van der Waals surface area (Å²) < 4.78 is 45.0. The van der Waals surface area contributed by atoms with Gasteiger partial charge in [0.15, 0.2) is 0 Å². The number of carbonyl (C=O) groups is 2. The number of carbonyl (C=O) groups excluding carboxylic acids is 1. The van der Waals surface area contributed by atoms with Crippen LogP contribution in [0.4, 0.5) is 18.9 Å². The number of alkyl halides is 3. The number of halogens is 3. The second-order valence-electron chi connectivity index (χ2n) is 9.27. The Morgan fingerprint density at radius 2 is 1.75 bits per heavy atom. The molecule has 0 saturated carbocycles. The van der Waals surface area contributed by atoms with Gasteiger partial charge in [-0.25, -0.2) is 0 Å². The Kier molecular flexibility index (Phi) is 10.4. The van der Waals surface area contributed by atoms with Crippen molar-refractivity contribution in [2.45, 2.75) is 56.0 Å². The molecule has 6 nitrogen and oxygen atoms in total. The summed E-state index contributed by atoms with van der Waals surface area (Å²) in [5.74, 6) is -1.56. The van der Waals surface area contributed by atoms with Crippen molar-refractivity contribution in [3.8, 4) is 0 Å². The lowest BCUT2D eigenvalue weighted by atomic mass is 9.99. The van der Waals surface area contributed by atoms with Crippen LogP contribution < -0.4 is 5.32 Å². The van der Waals surface area contributed by atoms with Crippen molar-refractivity contribution in [1.82, 2.24) is 4.90 Å². The van der Waals surface area contributed by atoms with Gasteiger partial charge in [-0.1, -0.05) is 32.0 Å². The number of carboxylic acid groups (broad SMARTS) is 1. The molecule has 0 radical (unpaired) electrons. The minimum absolute atomic E-state index is 0.0830. The van der Waals surface area contributed by atoms with Crippen LogP contribution in [-0.4, -0.2) is 53.4 Å². The predicted molar refractivity (Wildman–Crippen MR) is 135 cm³/mol. The van der Waals surface area contributed by atoms with E-state index in [1.54, 1.807) is 38.7 Å². The molecule has 0 aliphatic heterocycles. The maximum atomic E-state index is 13.6. The van der Waals surface area contributed by atoms with E-state index < -0.39 is 28.4 Å². The van der Waals surface area contributed by atoms with Crippen LogP contribution in [0.25, 0.3) is 0 Å². The molecule has 36 heavy (non-hydrogen) atoms. The van der Waals surface area contributed by atoms with Gasteiger partial charge in [0.2, 0.25) is 5.91 Å². The third kappa shape index (κ3) is 8.83. The smallest absolute Gasteiger partial charge is 0.418 e. The highest BCUT2D eigenvalue weighted by molar-refractivity contribution is 8.01. The minimum atomic E-state index is -4.60. The monoisotopic (exact) mass is 526 g/mol. The normalized spacial score (nSPS) is 12.3. The molecule has 0 unspecified atom stereocenters. The van der Waals surface area contributed by atoms with Gasteiger partial charge in [0.05, 0.1) is 24.4 Å². The van der Waals surface area contributed by atoms with Gasteiger partial charge in [-0.15, -0.1) is 11.8 Å². The molecule has 0 spiro atoms. The number of ether oxygens (including phenoxy) is 1. The lowest BCUT2D eigenvalue weighted by molar-refractivity contribution is -0.139. The molecular formula is C26H33F3N2O4S. The van der Waals surface area contributed by atoms with Crippen LogP contribution >= 0.6 is 11.8 Å². The van der Waals surface area contributed by atoms with E-state index in [9.17, 15) is 27.9 Å². The molecule has 10 heteroatoms. The molecule has 0 heterocycles. The van der Waals surface area contributed by atoms with Crippen molar-refractivity contribution in [2.24, 2.45) is 0 Å². The standard InChI is InChI=1S/C26H33F3N2O4S/c1-17(2)19-8-11-22(21(14-19)26(27,28)29)30-23(32)16-31(12-13-35-5)15-18-6-9-20(10-7-18)36-25(3,4)24(33)34/h6-11,14,17H,12-13,15-16H2,1-5H3,(H,30,32)(H,33,34). The Morgan fingerprint density at radius 1 is 1.11 bits per heavy atom. The molecule has 2 aromatic carbocycles. The highest BCUT2D eigenvalue weighted by atomic mass is 32.2. The zero-order valence-electron chi connectivity index (χ0n) is 21.1. The predicted octanol–water partition coefficient (Wildman–Crippen LogP) is 5.87. The number of rotatable bonds is 12. The summed E-state index contributed by atoms with van der Waals surface area (Å²) in [5.41, 5.74) is 0.262. The van der Waals surface area contributed by atoms with Crippen LogP contribution in [0, 0.1) is 0 Å². The van der Waals surface area contributed by atoms with Gasteiger partial charge in [0.25, 0.3) is 0 Å². The fourth-order valence-electron chi connectivity index (χ4n) is 3.35. The third-order valence-electron chi connectivity index (χ3n) is 5.49. The van der Waals surface area contributed by atoms with Crippen molar-refractivity contribution in [3.63, 3.8) is 0 Å². The quantitative estimate of drug-likeness (QED) is 0.337. The number of nitrogens with one attached hydrogen (secondary N) is 1. The molecule has 198 valence electrons. The fourth-order valence-corrected chi connectivity index (χ4v) is 4.30. The molecule has 0 fully saturated rings. The molecule has 0 aliphatic carbocycles. The van der Waals surface area contributed by atoms with Crippen molar-refractivity contribution < 1.29 is 32.6 Å². The number of nitrogens with zero attached hydrogens (tertiary/aromatic N) is 1. The molecule has 0 aliphatic rings. The number of aliphatic carboxylic acids is 1. The van der Waals surface area contributed by atoms with Crippen molar-refractivity contribution in [3.05, 3.63) is 59.2 Å². The molecule has 0 saturated heterocycles. The Hall–Kier alpha value is -2.56. The lowest BCUT2D eigenvalue weighted by Crippen LogP contribution is -2.35. The van der Waals surface area contributed by atoms with E-state index in [1.807, 2.05) is 24.3 Å².